The highest BCUT2D eigenvalue weighted by Gasteiger charge is 2.26. The molecular formula is C12H18O2S2. The van der Waals surface area contributed by atoms with Gasteiger partial charge in [0.15, 0.2) is 0 Å². The molecule has 2 fully saturated rings. The van der Waals surface area contributed by atoms with Crippen molar-refractivity contribution in [2.75, 3.05) is 11.5 Å². The van der Waals surface area contributed by atoms with Crippen LogP contribution in [-0.2, 0) is 9.59 Å². The summed E-state index contributed by atoms with van der Waals surface area (Å²) in [6, 6.07) is 0. The smallest absolute Gasteiger partial charge is 0.145 e. The molecule has 2 nitrogen and oxygen atoms in total. The Bertz CT molecular complexity index is 250. The summed E-state index contributed by atoms with van der Waals surface area (Å²) in [5.41, 5.74) is 0. The molecule has 0 amide bonds. The van der Waals surface area contributed by atoms with Gasteiger partial charge in [0.25, 0.3) is 0 Å². The fourth-order valence-electron chi connectivity index (χ4n) is 2.30. The summed E-state index contributed by atoms with van der Waals surface area (Å²) in [5, 5.41) is 0.528. The van der Waals surface area contributed by atoms with Gasteiger partial charge in [0.05, 0.1) is 10.5 Å². The average Bonchev–Trinajstić information content (AvgIpc) is 2.84. The lowest BCUT2D eigenvalue weighted by atomic mass is 10.3. The Kier molecular flexibility index (Phi) is 4.77. The molecule has 0 aliphatic heterocycles. The van der Waals surface area contributed by atoms with Crippen LogP contribution in [-0.4, -0.2) is 33.6 Å². The van der Waals surface area contributed by atoms with Crippen molar-refractivity contribution in [2.45, 2.75) is 49.0 Å². The Balaban J connectivity index is 1.58. The Hall–Kier alpha value is 0.0400. The Morgan fingerprint density at radius 2 is 1.31 bits per heavy atom. The number of thioether (sulfide) groups is 2. The van der Waals surface area contributed by atoms with E-state index in [1.54, 1.807) is 23.5 Å². The molecule has 0 spiro atoms. The van der Waals surface area contributed by atoms with Crippen molar-refractivity contribution in [3.05, 3.63) is 0 Å². The summed E-state index contributed by atoms with van der Waals surface area (Å²) < 4.78 is 0. The molecular weight excluding hydrogens is 240 g/mol. The number of carbonyl (C=O) groups is 2. The summed E-state index contributed by atoms with van der Waals surface area (Å²) in [4.78, 5) is 22.8. The molecule has 2 saturated carbocycles. The number of ketones is 2. The van der Waals surface area contributed by atoms with Crippen LogP contribution in [0.15, 0.2) is 0 Å². The number of carbonyl (C=O) groups excluding carboxylic acids is 2. The monoisotopic (exact) mass is 258 g/mol. The van der Waals surface area contributed by atoms with Gasteiger partial charge in [-0.3, -0.25) is 9.59 Å². The van der Waals surface area contributed by atoms with Gasteiger partial charge in [0.1, 0.15) is 11.6 Å². The molecule has 0 aromatic heterocycles. The minimum atomic E-state index is 0.264. The first-order valence-electron chi connectivity index (χ1n) is 6.06. The van der Waals surface area contributed by atoms with Gasteiger partial charge in [-0.05, 0) is 25.7 Å². The van der Waals surface area contributed by atoms with Crippen molar-refractivity contribution in [3.8, 4) is 0 Å². The third kappa shape index (κ3) is 3.27. The molecule has 2 unspecified atom stereocenters. The first-order valence-corrected chi connectivity index (χ1v) is 8.16. The van der Waals surface area contributed by atoms with Crippen LogP contribution in [0.5, 0.6) is 0 Å². The zero-order chi connectivity index (χ0) is 11.4. The van der Waals surface area contributed by atoms with Crippen molar-refractivity contribution in [3.63, 3.8) is 0 Å². The highest BCUT2D eigenvalue weighted by atomic mass is 32.2. The van der Waals surface area contributed by atoms with Gasteiger partial charge in [-0.15, -0.1) is 23.5 Å². The summed E-state index contributed by atoms with van der Waals surface area (Å²) >= 11 is 3.59. The van der Waals surface area contributed by atoms with Crippen LogP contribution in [0.1, 0.15) is 38.5 Å². The predicted molar refractivity (Wildman–Crippen MR) is 70.2 cm³/mol. The third-order valence-corrected chi connectivity index (χ3v) is 6.16. The SMILES string of the molecule is O=C1CCCC1SCCSC1CCCC1=O. The van der Waals surface area contributed by atoms with Crippen LogP contribution in [0.25, 0.3) is 0 Å². The van der Waals surface area contributed by atoms with E-state index >= 15 is 0 Å². The van der Waals surface area contributed by atoms with Crippen LogP contribution in [0.4, 0.5) is 0 Å². The van der Waals surface area contributed by atoms with E-state index in [-0.39, 0.29) is 10.5 Å². The van der Waals surface area contributed by atoms with Crippen molar-refractivity contribution in [2.24, 2.45) is 0 Å². The van der Waals surface area contributed by atoms with Gasteiger partial charge in [-0.2, -0.15) is 0 Å². The van der Waals surface area contributed by atoms with Crippen LogP contribution >= 0.6 is 23.5 Å². The lowest BCUT2D eigenvalue weighted by Gasteiger charge is -2.09. The lowest BCUT2D eigenvalue weighted by molar-refractivity contribution is -0.117. The third-order valence-electron chi connectivity index (χ3n) is 3.22. The Morgan fingerprint density at radius 1 is 0.875 bits per heavy atom. The van der Waals surface area contributed by atoms with Gasteiger partial charge in [0.2, 0.25) is 0 Å². The highest BCUT2D eigenvalue weighted by molar-refractivity contribution is 8.04. The first kappa shape index (κ1) is 12.5. The van der Waals surface area contributed by atoms with Crippen molar-refractivity contribution in [1.29, 1.82) is 0 Å². The Labute approximate surface area is 105 Å². The van der Waals surface area contributed by atoms with Crippen molar-refractivity contribution >= 4 is 35.1 Å². The van der Waals surface area contributed by atoms with E-state index in [1.807, 2.05) is 0 Å². The lowest BCUT2D eigenvalue weighted by Crippen LogP contribution is -2.12. The topological polar surface area (TPSA) is 34.1 Å². The zero-order valence-corrected chi connectivity index (χ0v) is 11.1. The molecule has 90 valence electrons. The molecule has 0 aromatic rings. The molecule has 0 radical (unpaired) electrons. The van der Waals surface area contributed by atoms with Gasteiger partial charge in [-0.25, -0.2) is 0 Å². The second-order valence-electron chi connectivity index (χ2n) is 4.44. The van der Waals surface area contributed by atoms with Crippen molar-refractivity contribution < 1.29 is 9.59 Å². The molecule has 2 atom stereocenters. The van der Waals surface area contributed by atoms with E-state index < -0.39 is 0 Å². The predicted octanol–water partition coefficient (Wildman–Crippen LogP) is 2.70. The zero-order valence-electron chi connectivity index (χ0n) is 9.44. The molecule has 16 heavy (non-hydrogen) atoms. The molecule has 0 N–H and O–H groups in total. The second kappa shape index (κ2) is 6.10. The average molecular weight is 258 g/mol. The molecule has 2 rings (SSSR count). The number of rotatable bonds is 5. The maximum atomic E-state index is 11.4. The van der Waals surface area contributed by atoms with E-state index in [2.05, 4.69) is 0 Å². The second-order valence-corrected chi connectivity index (χ2v) is 7.06. The molecule has 0 aromatic carbocycles. The summed E-state index contributed by atoms with van der Waals surface area (Å²) in [6.45, 7) is 0. The first-order chi connectivity index (χ1) is 7.77. The fraction of sp³-hybridized carbons (Fsp3) is 0.833. The maximum Gasteiger partial charge on any atom is 0.145 e. The molecule has 0 bridgehead atoms. The van der Waals surface area contributed by atoms with Crippen molar-refractivity contribution in [1.82, 2.24) is 0 Å². The summed E-state index contributed by atoms with van der Waals surface area (Å²) in [6.07, 6.45) is 5.85. The number of hydrogen-bond acceptors (Lipinski definition) is 4. The van der Waals surface area contributed by atoms with Gasteiger partial charge < -0.3 is 0 Å². The van der Waals surface area contributed by atoms with Crippen LogP contribution in [0.3, 0.4) is 0 Å². The quantitative estimate of drug-likeness (QED) is 0.710. The maximum absolute atomic E-state index is 11.4. The van der Waals surface area contributed by atoms with Crippen LogP contribution in [0, 0.1) is 0 Å². The van der Waals surface area contributed by atoms with Gasteiger partial charge in [-0.1, -0.05) is 0 Å². The Morgan fingerprint density at radius 3 is 1.62 bits per heavy atom. The van der Waals surface area contributed by atoms with E-state index in [0.29, 0.717) is 11.6 Å². The fourth-order valence-corrected chi connectivity index (χ4v) is 4.91. The van der Waals surface area contributed by atoms with E-state index in [0.717, 1.165) is 50.0 Å². The molecule has 0 saturated heterocycles. The minimum absolute atomic E-state index is 0.264. The highest BCUT2D eigenvalue weighted by Crippen LogP contribution is 2.30. The molecule has 2 aliphatic rings. The number of hydrogen-bond donors (Lipinski definition) is 0. The van der Waals surface area contributed by atoms with E-state index in [9.17, 15) is 9.59 Å². The molecule has 4 heteroatoms. The van der Waals surface area contributed by atoms with Crippen LogP contribution in [0.2, 0.25) is 0 Å². The molecule has 0 heterocycles. The summed E-state index contributed by atoms with van der Waals surface area (Å²) in [5.74, 6) is 2.91. The van der Waals surface area contributed by atoms with Crippen LogP contribution < -0.4 is 0 Å². The van der Waals surface area contributed by atoms with E-state index in [1.165, 1.54) is 0 Å². The molecule has 2 aliphatic carbocycles. The van der Waals surface area contributed by atoms with Gasteiger partial charge in [0, 0.05) is 24.3 Å². The summed E-state index contributed by atoms with van der Waals surface area (Å²) in [7, 11) is 0. The minimum Gasteiger partial charge on any atom is -0.298 e. The largest absolute Gasteiger partial charge is 0.298 e. The normalized spacial score (nSPS) is 30.2. The number of Topliss-reactive ketones (excluding diaryl/α,β-unsaturated/α-hetero) is 2. The standard InChI is InChI=1S/C12H18O2S2/c13-9-3-1-5-11(9)15-7-8-16-12-6-2-4-10(12)14/h11-12H,1-8H2. The van der Waals surface area contributed by atoms with Gasteiger partial charge >= 0.3 is 0 Å². The van der Waals surface area contributed by atoms with E-state index in [4.69, 9.17) is 0 Å².